The van der Waals surface area contributed by atoms with Crippen molar-refractivity contribution in [2.75, 3.05) is 29.5 Å². The third kappa shape index (κ3) is 5.35. The van der Waals surface area contributed by atoms with Crippen LogP contribution in [0.3, 0.4) is 0 Å². The van der Waals surface area contributed by atoms with Gasteiger partial charge in [0.2, 0.25) is 11.8 Å². The lowest BCUT2D eigenvalue weighted by molar-refractivity contribution is -0.134. The smallest absolute Gasteiger partial charge is 0.232 e. The molecule has 29 heavy (non-hydrogen) atoms. The van der Waals surface area contributed by atoms with Crippen molar-refractivity contribution < 1.29 is 9.32 Å². The van der Waals surface area contributed by atoms with E-state index in [1.807, 2.05) is 34.9 Å². The van der Waals surface area contributed by atoms with E-state index in [-0.39, 0.29) is 11.9 Å². The van der Waals surface area contributed by atoms with E-state index in [4.69, 9.17) is 4.52 Å². The summed E-state index contributed by atoms with van der Waals surface area (Å²) < 4.78 is 5.89. The molecule has 1 aliphatic heterocycles. The van der Waals surface area contributed by atoms with Crippen LogP contribution in [0.2, 0.25) is 0 Å². The van der Waals surface area contributed by atoms with Gasteiger partial charge in [-0.05, 0) is 19.3 Å². The van der Waals surface area contributed by atoms with E-state index in [1.54, 1.807) is 0 Å². The number of benzene rings is 1. The number of thioether (sulfide) groups is 1. The summed E-state index contributed by atoms with van der Waals surface area (Å²) in [5.41, 5.74) is 2.91. The average Bonchev–Trinajstić information content (AvgIpc) is 3.15. The highest BCUT2D eigenvalue weighted by atomic mass is 32.2. The lowest BCUT2D eigenvalue weighted by atomic mass is 10.0. The van der Waals surface area contributed by atoms with Crippen molar-refractivity contribution in [2.24, 2.45) is 5.92 Å². The highest BCUT2D eigenvalue weighted by Gasteiger charge is 2.28. The Morgan fingerprint density at radius 2 is 1.90 bits per heavy atom. The third-order valence-corrected chi connectivity index (χ3v) is 6.41. The molecule has 6 heteroatoms. The zero-order valence-corrected chi connectivity index (χ0v) is 18.9. The normalized spacial score (nSPS) is 15.6. The maximum atomic E-state index is 13.1. The van der Waals surface area contributed by atoms with E-state index in [0.29, 0.717) is 18.9 Å². The molecule has 0 aliphatic carbocycles. The summed E-state index contributed by atoms with van der Waals surface area (Å²) in [5.74, 6) is 3.54. The monoisotopic (exact) mass is 415 g/mol. The van der Waals surface area contributed by atoms with E-state index >= 15 is 0 Å². The summed E-state index contributed by atoms with van der Waals surface area (Å²) in [6.07, 6.45) is 1.48. The van der Waals surface area contributed by atoms with Crippen LogP contribution in [-0.4, -0.2) is 46.6 Å². The molecule has 1 unspecified atom stereocenters. The molecule has 1 saturated heterocycles. The van der Waals surface area contributed by atoms with Gasteiger partial charge in [-0.15, -0.1) is 0 Å². The van der Waals surface area contributed by atoms with Crippen LogP contribution in [0, 0.1) is 5.92 Å². The molecule has 1 amide bonds. The molecule has 0 radical (unpaired) electrons. The molecule has 0 spiro atoms. The van der Waals surface area contributed by atoms with Crippen molar-refractivity contribution in [3.05, 3.63) is 35.9 Å². The first-order valence-electron chi connectivity index (χ1n) is 10.7. The first kappa shape index (κ1) is 21.8. The first-order valence-corrected chi connectivity index (χ1v) is 11.8. The third-order valence-electron chi connectivity index (χ3n) is 5.47. The van der Waals surface area contributed by atoms with Crippen molar-refractivity contribution in [3.8, 4) is 11.3 Å². The summed E-state index contributed by atoms with van der Waals surface area (Å²) in [5, 5.41) is 4.46. The van der Waals surface area contributed by atoms with Gasteiger partial charge in [0.1, 0.15) is 5.69 Å². The second kappa shape index (κ2) is 10.2. The number of nitrogens with zero attached hydrogens (tertiary/aromatic N) is 3. The molecule has 1 aliphatic rings. The maximum Gasteiger partial charge on any atom is 0.232 e. The minimum atomic E-state index is 0.171. The number of aromatic nitrogens is 1. The van der Waals surface area contributed by atoms with E-state index in [9.17, 15) is 4.79 Å². The fourth-order valence-electron chi connectivity index (χ4n) is 3.63. The molecule has 5 nitrogen and oxygen atoms in total. The Bertz CT molecular complexity index is 785. The van der Waals surface area contributed by atoms with Gasteiger partial charge in [-0.2, -0.15) is 11.8 Å². The van der Waals surface area contributed by atoms with Crippen LogP contribution in [0.5, 0.6) is 0 Å². The summed E-state index contributed by atoms with van der Waals surface area (Å²) in [4.78, 5) is 17.4. The van der Waals surface area contributed by atoms with Crippen molar-refractivity contribution in [2.45, 2.75) is 53.1 Å². The fraction of sp³-hybridized carbons (Fsp3) is 0.565. The van der Waals surface area contributed by atoms with Crippen molar-refractivity contribution >= 4 is 23.6 Å². The Balaban J connectivity index is 1.99. The van der Waals surface area contributed by atoms with Gasteiger partial charge >= 0.3 is 0 Å². The largest absolute Gasteiger partial charge is 0.339 e. The van der Waals surface area contributed by atoms with Crippen LogP contribution < -0.4 is 4.90 Å². The van der Waals surface area contributed by atoms with Gasteiger partial charge in [0.25, 0.3) is 0 Å². The van der Waals surface area contributed by atoms with E-state index in [0.717, 1.165) is 53.7 Å². The van der Waals surface area contributed by atoms with Crippen LogP contribution >= 0.6 is 11.8 Å². The zero-order chi connectivity index (χ0) is 20.8. The molecule has 1 aromatic carbocycles. The molecule has 0 bridgehead atoms. The molecule has 0 saturated carbocycles. The van der Waals surface area contributed by atoms with Crippen molar-refractivity contribution in [1.29, 1.82) is 0 Å². The second-order valence-corrected chi connectivity index (χ2v) is 9.38. The number of amides is 1. The average molecular weight is 416 g/mol. The van der Waals surface area contributed by atoms with Gasteiger partial charge in [0.05, 0.1) is 12.1 Å². The Morgan fingerprint density at radius 3 is 2.52 bits per heavy atom. The molecule has 2 heterocycles. The molecule has 1 fully saturated rings. The SMILES string of the molecule is CCC(C)N(Cc1c(-c2ccccc2)noc1N1CCSCC1)C(=O)CC(C)C. The number of carbonyl (C=O) groups is 1. The number of hydrogen-bond donors (Lipinski definition) is 0. The standard InChI is InChI=1S/C23H33N3O2S/c1-5-18(4)26(21(27)15-17(2)3)16-20-22(19-9-7-6-8-10-19)24-28-23(20)25-11-13-29-14-12-25/h6-10,17-18H,5,11-16H2,1-4H3. The highest BCUT2D eigenvalue weighted by molar-refractivity contribution is 7.99. The molecule has 0 N–H and O–H groups in total. The molecular weight excluding hydrogens is 382 g/mol. The number of anilines is 1. The topological polar surface area (TPSA) is 49.6 Å². The van der Waals surface area contributed by atoms with Crippen LogP contribution in [-0.2, 0) is 11.3 Å². The predicted molar refractivity (Wildman–Crippen MR) is 121 cm³/mol. The molecule has 1 aromatic heterocycles. The van der Waals surface area contributed by atoms with Crippen LogP contribution in [0.1, 0.15) is 46.1 Å². The van der Waals surface area contributed by atoms with Crippen LogP contribution in [0.25, 0.3) is 11.3 Å². The first-order chi connectivity index (χ1) is 14.0. The number of carbonyl (C=O) groups excluding carboxylic acids is 1. The Kier molecular flexibility index (Phi) is 7.64. The van der Waals surface area contributed by atoms with Crippen molar-refractivity contribution in [3.63, 3.8) is 0 Å². The van der Waals surface area contributed by atoms with Gasteiger partial charge in [-0.25, -0.2) is 0 Å². The summed E-state index contributed by atoms with van der Waals surface area (Å²) in [6, 6.07) is 10.3. The quantitative estimate of drug-likeness (QED) is 0.602. The Morgan fingerprint density at radius 1 is 1.21 bits per heavy atom. The summed E-state index contributed by atoms with van der Waals surface area (Å²) >= 11 is 1.97. The molecule has 2 aromatic rings. The van der Waals surface area contributed by atoms with Crippen LogP contribution in [0.4, 0.5) is 5.88 Å². The Labute approximate surface area is 178 Å². The highest BCUT2D eigenvalue weighted by Crippen LogP contribution is 2.34. The summed E-state index contributed by atoms with van der Waals surface area (Å²) in [7, 11) is 0. The number of rotatable bonds is 8. The van der Waals surface area contributed by atoms with Gasteiger partial charge in [0.15, 0.2) is 0 Å². The van der Waals surface area contributed by atoms with Crippen LogP contribution in [0.15, 0.2) is 34.9 Å². The molecule has 3 rings (SSSR count). The minimum absolute atomic E-state index is 0.171. The molecule has 158 valence electrons. The molecule has 1 atom stereocenters. The predicted octanol–water partition coefficient (Wildman–Crippen LogP) is 5.07. The summed E-state index contributed by atoms with van der Waals surface area (Å²) in [6.45, 7) is 10.9. The Hall–Kier alpha value is -1.95. The van der Waals surface area contributed by atoms with Gasteiger partial charge in [-0.1, -0.05) is 56.3 Å². The second-order valence-electron chi connectivity index (χ2n) is 8.16. The lowest BCUT2D eigenvalue weighted by Gasteiger charge is -2.31. The zero-order valence-electron chi connectivity index (χ0n) is 18.1. The van der Waals surface area contributed by atoms with Gasteiger partial charge in [-0.3, -0.25) is 4.79 Å². The van der Waals surface area contributed by atoms with Gasteiger partial charge < -0.3 is 14.3 Å². The molecular formula is C23H33N3O2S. The number of hydrogen-bond acceptors (Lipinski definition) is 5. The van der Waals surface area contributed by atoms with E-state index in [2.05, 4.69) is 49.9 Å². The van der Waals surface area contributed by atoms with E-state index in [1.165, 1.54) is 0 Å². The van der Waals surface area contributed by atoms with Crippen molar-refractivity contribution in [1.82, 2.24) is 10.1 Å². The minimum Gasteiger partial charge on any atom is -0.339 e. The lowest BCUT2D eigenvalue weighted by Crippen LogP contribution is -2.39. The fourth-order valence-corrected chi connectivity index (χ4v) is 4.53. The van der Waals surface area contributed by atoms with Gasteiger partial charge in [0, 0.05) is 42.6 Å². The van der Waals surface area contributed by atoms with E-state index < -0.39 is 0 Å². The maximum absolute atomic E-state index is 13.1.